The van der Waals surface area contributed by atoms with Crippen molar-refractivity contribution in [3.05, 3.63) is 71.9 Å². The Balaban J connectivity index is 1.77. The number of carbonyl (C=O) groups is 1. The predicted molar refractivity (Wildman–Crippen MR) is 94.5 cm³/mol. The van der Waals surface area contributed by atoms with Crippen molar-refractivity contribution in [1.82, 2.24) is 14.4 Å². The van der Waals surface area contributed by atoms with Crippen LogP contribution in [-0.4, -0.2) is 20.3 Å². The van der Waals surface area contributed by atoms with Gasteiger partial charge in [0, 0.05) is 6.20 Å². The first-order valence-corrected chi connectivity index (χ1v) is 7.87. The molecule has 26 heavy (non-hydrogen) atoms. The minimum Gasteiger partial charge on any atom is -0.463 e. The third-order valence-electron chi connectivity index (χ3n) is 3.96. The number of hydrogen-bond donors (Lipinski definition) is 1. The van der Waals surface area contributed by atoms with Crippen molar-refractivity contribution >= 4 is 17.4 Å². The maximum atomic E-state index is 12.7. The zero-order valence-electron chi connectivity index (χ0n) is 13.8. The summed E-state index contributed by atoms with van der Waals surface area (Å²) in [4.78, 5) is 21.4. The summed E-state index contributed by atoms with van der Waals surface area (Å²) in [5.41, 5.74) is 2.37. The molecule has 0 aliphatic heterocycles. The fraction of sp³-hybridized carbons (Fsp3) is 0.0526. The number of fused-ring (bicyclic) bond motifs is 1. The van der Waals surface area contributed by atoms with Crippen molar-refractivity contribution in [3.8, 4) is 17.5 Å². The lowest BCUT2D eigenvalue weighted by Crippen LogP contribution is -2.16. The predicted octanol–water partition coefficient (Wildman–Crippen LogP) is 3.42. The summed E-state index contributed by atoms with van der Waals surface area (Å²) >= 11 is 0. The second kappa shape index (κ2) is 6.18. The summed E-state index contributed by atoms with van der Waals surface area (Å²) in [6, 6.07) is 14.2. The highest BCUT2D eigenvalue weighted by Crippen LogP contribution is 2.29. The van der Waals surface area contributed by atoms with Crippen molar-refractivity contribution in [2.24, 2.45) is 0 Å². The number of amides is 1. The number of pyridine rings is 2. The minimum absolute atomic E-state index is 0.220. The van der Waals surface area contributed by atoms with E-state index in [1.165, 1.54) is 6.07 Å². The molecule has 126 valence electrons. The number of hydrogen-bond acceptors (Lipinski definition) is 5. The monoisotopic (exact) mass is 343 g/mol. The smallest absolute Gasteiger partial charge is 0.275 e. The van der Waals surface area contributed by atoms with Gasteiger partial charge in [-0.25, -0.2) is 9.97 Å². The van der Waals surface area contributed by atoms with Crippen LogP contribution in [0.3, 0.4) is 0 Å². The van der Waals surface area contributed by atoms with Crippen LogP contribution in [0.4, 0.5) is 5.82 Å². The molecule has 0 unspecified atom stereocenters. The summed E-state index contributed by atoms with van der Waals surface area (Å²) < 4.78 is 7.22. The number of anilines is 1. The third kappa shape index (κ3) is 2.59. The van der Waals surface area contributed by atoms with Crippen molar-refractivity contribution in [1.29, 1.82) is 5.26 Å². The highest BCUT2D eigenvalue weighted by atomic mass is 16.3. The van der Waals surface area contributed by atoms with Gasteiger partial charge in [0.1, 0.15) is 28.9 Å². The molecule has 1 amide bonds. The van der Waals surface area contributed by atoms with Crippen LogP contribution in [0.15, 0.2) is 59.3 Å². The molecule has 0 atom stereocenters. The van der Waals surface area contributed by atoms with Crippen molar-refractivity contribution in [2.75, 3.05) is 5.32 Å². The molecule has 0 aromatic carbocycles. The number of nitrogens with zero attached hydrogens (tertiary/aromatic N) is 4. The Morgan fingerprint density at radius 3 is 2.81 bits per heavy atom. The van der Waals surface area contributed by atoms with Gasteiger partial charge in [0.2, 0.25) is 0 Å². The molecule has 0 fully saturated rings. The van der Waals surface area contributed by atoms with Gasteiger partial charge >= 0.3 is 0 Å². The first kappa shape index (κ1) is 15.6. The molecule has 4 aromatic rings. The standard InChI is InChI=1S/C19H13N5O2/c1-12-13(11-20)7-8-14(21-12)19(25)23-18-17(15-5-4-10-26-15)22-16-6-2-3-9-24(16)18/h2-10H,1H3,(H,23,25). The molecule has 0 saturated carbocycles. The van der Waals surface area contributed by atoms with Gasteiger partial charge in [-0.3, -0.25) is 9.20 Å². The lowest BCUT2D eigenvalue weighted by Gasteiger charge is -2.07. The maximum Gasteiger partial charge on any atom is 0.275 e. The third-order valence-corrected chi connectivity index (χ3v) is 3.96. The van der Waals surface area contributed by atoms with Crippen LogP contribution in [0, 0.1) is 18.3 Å². The highest BCUT2D eigenvalue weighted by Gasteiger charge is 2.19. The Kier molecular flexibility index (Phi) is 3.71. The van der Waals surface area contributed by atoms with Crippen LogP contribution < -0.4 is 5.32 Å². The molecule has 0 radical (unpaired) electrons. The zero-order chi connectivity index (χ0) is 18.1. The molecule has 0 saturated heterocycles. The highest BCUT2D eigenvalue weighted by molar-refractivity contribution is 6.04. The topological polar surface area (TPSA) is 96.2 Å². The molecule has 0 spiro atoms. The van der Waals surface area contributed by atoms with E-state index in [0.29, 0.717) is 34.2 Å². The second-order valence-corrected chi connectivity index (χ2v) is 5.61. The van der Waals surface area contributed by atoms with Gasteiger partial charge in [-0.2, -0.15) is 5.26 Å². The lowest BCUT2D eigenvalue weighted by atomic mass is 10.2. The summed E-state index contributed by atoms with van der Waals surface area (Å²) in [6.45, 7) is 1.69. The first-order valence-electron chi connectivity index (χ1n) is 7.87. The van der Waals surface area contributed by atoms with Gasteiger partial charge in [0.25, 0.3) is 5.91 Å². The van der Waals surface area contributed by atoms with Crippen LogP contribution in [0.1, 0.15) is 21.7 Å². The van der Waals surface area contributed by atoms with E-state index in [-0.39, 0.29) is 5.69 Å². The number of aromatic nitrogens is 3. The second-order valence-electron chi connectivity index (χ2n) is 5.61. The summed E-state index contributed by atoms with van der Waals surface area (Å²) in [6.07, 6.45) is 3.36. The van der Waals surface area contributed by atoms with Crippen LogP contribution >= 0.6 is 0 Å². The van der Waals surface area contributed by atoms with Crippen molar-refractivity contribution in [3.63, 3.8) is 0 Å². The molecule has 4 aromatic heterocycles. The van der Waals surface area contributed by atoms with E-state index in [9.17, 15) is 4.79 Å². The van der Waals surface area contributed by atoms with Crippen molar-refractivity contribution < 1.29 is 9.21 Å². The van der Waals surface area contributed by atoms with Gasteiger partial charge in [0.05, 0.1) is 17.5 Å². The summed E-state index contributed by atoms with van der Waals surface area (Å²) in [5.74, 6) is 0.647. The SMILES string of the molecule is Cc1nc(C(=O)Nc2c(-c3ccco3)nc3ccccn23)ccc1C#N. The molecular formula is C19H13N5O2. The van der Waals surface area contributed by atoms with E-state index in [0.717, 1.165) is 0 Å². The number of furan rings is 1. The molecular weight excluding hydrogens is 330 g/mol. The maximum absolute atomic E-state index is 12.7. The van der Waals surface area contributed by atoms with Gasteiger partial charge in [-0.1, -0.05) is 6.07 Å². The Morgan fingerprint density at radius 2 is 2.08 bits per heavy atom. The minimum atomic E-state index is -0.393. The fourth-order valence-corrected chi connectivity index (χ4v) is 2.68. The van der Waals surface area contributed by atoms with E-state index in [1.54, 1.807) is 35.8 Å². The Morgan fingerprint density at radius 1 is 1.19 bits per heavy atom. The molecule has 0 aliphatic rings. The normalized spacial score (nSPS) is 10.6. The molecule has 4 rings (SSSR count). The van der Waals surface area contributed by atoms with E-state index in [2.05, 4.69) is 15.3 Å². The molecule has 4 heterocycles. The fourth-order valence-electron chi connectivity index (χ4n) is 2.68. The molecule has 0 bridgehead atoms. The molecule has 7 nitrogen and oxygen atoms in total. The van der Waals surface area contributed by atoms with Crippen LogP contribution in [0.5, 0.6) is 0 Å². The van der Waals surface area contributed by atoms with Gasteiger partial charge in [-0.05, 0) is 43.3 Å². The van der Waals surface area contributed by atoms with Crippen LogP contribution in [0.25, 0.3) is 17.1 Å². The molecule has 7 heteroatoms. The number of rotatable bonds is 3. The van der Waals surface area contributed by atoms with Gasteiger partial charge in [0.15, 0.2) is 5.76 Å². The Hall–Kier alpha value is -3.92. The van der Waals surface area contributed by atoms with Crippen molar-refractivity contribution in [2.45, 2.75) is 6.92 Å². The van der Waals surface area contributed by atoms with E-state index in [4.69, 9.17) is 9.68 Å². The molecule has 0 aliphatic carbocycles. The van der Waals surface area contributed by atoms with Gasteiger partial charge < -0.3 is 9.73 Å². The average Bonchev–Trinajstić information content (AvgIpc) is 3.30. The molecule has 1 N–H and O–H groups in total. The number of aryl methyl sites for hydroxylation is 1. The van der Waals surface area contributed by atoms with E-state index < -0.39 is 5.91 Å². The summed E-state index contributed by atoms with van der Waals surface area (Å²) in [7, 11) is 0. The number of nitrogens with one attached hydrogen (secondary N) is 1. The van der Waals surface area contributed by atoms with E-state index >= 15 is 0 Å². The van der Waals surface area contributed by atoms with E-state index in [1.807, 2.05) is 30.5 Å². The number of nitriles is 1. The quantitative estimate of drug-likeness (QED) is 0.615. The lowest BCUT2D eigenvalue weighted by molar-refractivity contribution is 0.102. The van der Waals surface area contributed by atoms with Crippen LogP contribution in [-0.2, 0) is 0 Å². The Labute approximate surface area is 148 Å². The summed E-state index contributed by atoms with van der Waals surface area (Å²) in [5, 5.41) is 11.9. The number of carbonyl (C=O) groups excluding carboxylic acids is 1. The zero-order valence-corrected chi connectivity index (χ0v) is 13.8. The average molecular weight is 343 g/mol. The number of imidazole rings is 1. The Bertz CT molecular complexity index is 1150. The first-order chi connectivity index (χ1) is 12.7. The largest absolute Gasteiger partial charge is 0.463 e. The van der Waals surface area contributed by atoms with Crippen LogP contribution in [0.2, 0.25) is 0 Å². The van der Waals surface area contributed by atoms with Gasteiger partial charge in [-0.15, -0.1) is 0 Å².